The van der Waals surface area contributed by atoms with Crippen LogP contribution in [-0.4, -0.2) is 49.1 Å². The number of likely N-dealkylation sites (tertiary alicyclic amines) is 1. The summed E-state index contributed by atoms with van der Waals surface area (Å²) in [6, 6.07) is 0. The summed E-state index contributed by atoms with van der Waals surface area (Å²) < 4.78 is 0. The highest BCUT2D eigenvalue weighted by molar-refractivity contribution is 5.78. The van der Waals surface area contributed by atoms with Crippen LogP contribution in [0.4, 0.5) is 0 Å². The SMILES string of the molecule is CC(C)(C)NC(=O)CN1CC2(CNC2)C1. The third kappa shape index (κ3) is 2.49. The van der Waals surface area contributed by atoms with Gasteiger partial charge < -0.3 is 10.6 Å². The minimum atomic E-state index is -0.113. The van der Waals surface area contributed by atoms with Gasteiger partial charge in [-0.15, -0.1) is 0 Å². The molecule has 0 unspecified atom stereocenters. The summed E-state index contributed by atoms with van der Waals surface area (Å²) in [7, 11) is 0. The zero-order valence-electron chi connectivity index (χ0n) is 9.89. The Bertz CT molecular complexity index is 257. The van der Waals surface area contributed by atoms with E-state index in [1.807, 2.05) is 20.8 Å². The summed E-state index contributed by atoms with van der Waals surface area (Å²) in [5.41, 5.74) is 0.402. The summed E-state index contributed by atoms with van der Waals surface area (Å²) in [5, 5.41) is 6.27. The topological polar surface area (TPSA) is 44.4 Å². The van der Waals surface area contributed by atoms with Crippen molar-refractivity contribution in [1.29, 1.82) is 0 Å². The van der Waals surface area contributed by atoms with Gasteiger partial charge in [0.2, 0.25) is 5.91 Å². The van der Waals surface area contributed by atoms with Gasteiger partial charge in [-0.25, -0.2) is 0 Å². The van der Waals surface area contributed by atoms with Gasteiger partial charge in [-0.1, -0.05) is 0 Å². The molecule has 2 heterocycles. The molecule has 0 saturated carbocycles. The molecule has 0 aromatic heterocycles. The molecule has 2 aliphatic heterocycles. The molecule has 0 radical (unpaired) electrons. The second kappa shape index (κ2) is 3.46. The summed E-state index contributed by atoms with van der Waals surface area (Å²) in [6.07, 6.45) is 0. The van der Waals surface area contributed by atoms with Gasteiger partial charge in [0, 0.05) is 37.1 Å². The monoisotopic (exact) mass is 211 g/mol. The quantitative estimate of drug-likeness (QED) is 0.665. The Morgan fingerprint density at radius 3 is 2.40 bits per heavy atom. The fourth-order valence-corrected chi connectivity index (χ4v) is 2.38. The number of nitrogens with zero attached hydrogens (tertiary/aromatic N) is 1. The largest absolute Gasteiger partial charge is 0.350 e. The van der Waals surface area contributed by atoms with Crippen LogP contribution in [0.3, 0.4) is 0 Å². The van der Waals surface area contributed by atoms with Crippen LogP contribution in [0.2, 0.25) is 0 Å². The molecule has 2 fully saturated rings. The smallest absolute Gasteiger partial charge is 0.234 e. The first kappa shape index (κ1) is 10.9. The number of hydrogen-bond acceptors (Lipinski definition) is 3. The van der Waals surface area contributed by atoms with E-state index < -0.39 is 0 Å². The van der Waals surface area contributed by atoms with E-state index in [2.05, 4.69) is 15.5 Å². The van der Waals surface area contributed by atoms with Gasteiger partial charge in [-0.3, -0.25) is 9.69 Å². The first-order valence-corrected chi connectivity index (χ1v) is 5.63. The molecule has 0 aliphatic carbocycles. The van der Waals surface area contributed by atoms with Crippen molar-refractivity contribution >= 4 is 5.91 Å². The lowest BCUT2D eigenvalue weighted by Gasteiger charge is -2.56. The van der Waals surface area contributed by atoms with E-state index in [0.717, 1.165) is 26.2 Å². The predicted octanol–water partition coefficient (Wildman–Crippen LogP) is -0.194. The lowest BCUT2D eigenvalue weighted by Crippen LogP contribution is -2.71. The molecule has 15 heavy (non-hydrogen) atoms. The zero-order chi connectivity index (χ0) is 11.1. The van der Waals surface area contributed by atoms with Crippen molar-refractivity contribution in [1.82, 2.24) is 15.5 Å². The Hall–Kier alpha value is -0.610. The van der Waals surface area contributed by atoms with E-state index >= 15 is 0 Å². The third-order valence-corrected chi connectivity index (χ3v) is 3.00. The third-order valence-electron chi connectivity index (χ3n) is 3.00. The van der Waals surface area contributed by atoms with Gasteiger partial charge in [0.25, 0.3) is 0 Å². The number of carbonyl (C=O) groups excluding carboxylic acids is 1. The molecule has 2 N–H and O–H groups in total. The lowest BCUT2D eigenvalue weighted by molar-refractivity contribution is -0.128. The van der Waals surface area contributed by atoms with Gasteiger partial charge in [-0.2, -0.15) is 0 Å². The lowest BCUT2D eigenvalue weighted by atomic mass is 9.74. The fraction of sp³-hybridized carbons (Fsp3) is 0.909. The van der Waals surface area contributed by atoms with Gasteiger partial charge >= 0.3 is 0 Å². The van der Waals surface area contributed by atoms with Crippen molar-refractivity contribution in [2.45, 2.75) is 26.3 Å². The molecule has 0 aromatic rings. The molecule has 2 rings (SSSR count). The molecule has 1 spiro atoms. The number of hydrogen-bond donors (Lipinski definition) is 2. The van der Waals surface area contributed by atoms with Crippen LogP contribution < -0.4 is 10.6 Å². The van der Waals surface area contributed by atoms with Crippen molar-refractivity contribution in [3.05, 3.63) is 0 Å². The Morgan fingerprint density at radius 2 is 2.00 bits per heavy atom. The van der Waals surface area contributed by atoms with Crippen LogP contribution in [0.5, 0.6) is 0 Å². The molecular weight excluding hydrogens is 190 g/mol. The Labute approximate surface area is 91.4 Å². The summed E-state index contributed by atoms with van der Waals surface area (Å²) >= 11 is 0. The highest BCUT2D eigenvalue weighted by Gasteiger charge is 2.47. The molecule has 0 bridgehead atoms. The standard InChI is InChI=1S/C11H21N3O/c1-10(2,3)13-9(15)4-14-7-11(8-14)5-12-6-11/h12H,4-8H2,1-3H3,(H,13,15). The van der Waals surface area contributed by atoms with E-state index in [9.17, 15) is 4.79 Å². The van der Waals surface area contributed by atoms with E-state index in [4.69, 9.17) is 0 Å². The van der Waals surface area contributed by atoms with Gasteiger partial charge in [-0.05, 0) is 20.8 Å². The van der Waals surface area contributed by atoms with Crippen molar-refractivity contribution in [2.75, 3.05) is 32.7 Å². The van der Waals surface area contributed by atoms with E-state index in [1.54, 1.807) is 0 Å². The van der Waals surface area contributed by atoms with Crippen LogP contribution in [0, 0.1) is 5.41 Å². The minimum Gasteiger partial charge on any atom is -0.350 e. The molecule has 4 nitrogen and oxygen atoms in total. The minimum absolute atomic E-state index is 0.113. The van der Waals surface area contributed by atoms with Crippen LogP contribution in [-0.2, 0) is 4.79 Å². The van der Waals surface area contributed by atoms with Crippen molar-refractivity contribution in [3.8, 4) is 0 Å². The second-order valence-corrected chi connectivity index (χ2v) is 6.05. The normalized spacial score (nSPS) is 24.5. The Morgan fingerprint density at radius 1 is 1.40 bits per heavy atom. The Balaban J connectivity index is 1.68. The number of amides is 1. The highest BCUT2D eigenvalue weighted by Crippen LogP contribution is 2.33. The average Bonchev–Trinajstić information content (AvgIpc) is 1.87. The van der Waals surface area contributed by atoms with E-state index in [0.29, 0.717) is 12.0 Å². The maximum absolute atomic E-state index is 11.6. The highest BCUT2D eigenvalue weighted by atomic mass is 16.2. The molecule has 2 aliphatic rings. The predicted molar refractivity (Wildman–Crippen MR) is 59.6 cm³/mol. The van der Waals surface area contributed by atoms with Crippen molar-refractivity contribution in [3.63, 3.8) is 0 Å². The van der Waals surface area contributed by atoms with Crippen LogP contribution in [0.1, 0.15) is 20.8 Å². The molecule has 0 aromatic carbocycles. The van der Waals surface area contributed by atoms with Crippen molar-refractivity contribution < 1.29 is 4.79 Å². The van der Waals surface area contributed by atoms with Gasteiger partial charge in [0.05, 0.1) is 6.54 Å². The van der Waals surface area contributed by atoms with E-state index in [1.165, 1.54) is 0 Å². The van der Waals surface area contributed by atoms with Crippen LogP contribution >= 0.6 is 0 Å². The first-order valence-electron chi connectivity index (χ1n) is 5.63. The maximum atomic E-state index is 11.6. The average molecular weight is 211 g/mol. The van der Waals surface area contributed by atoms with E-state index in [-0.39, 0.29) is 11.4 Å². The Kier molecular flexibility index (Phi) is 2.51. The zero-order valence-corrected chi connectivity index (χ0v) is 9.89. The van der Waals surface area contributed by atoms with Crippen LogP contribution in [0.25, 0.3) is 0 Å². The number of nitrogens with one attached hydrogen (secondary N) is 2. The van der Waals surface area contributed by atoms with Gasteiger partial charge in [0.15, 0.2) is 0 Å². The van der Waals surface area contributed by atoms with Crippen molar-refractivity contribution in [2.24, 2.45) is 5.41 Å². The second-order valence-electron chi connectivity index (χ2n) is 6.05. The van der Waals surface area contributed by atoms with Gasteiger partial charge in [0.1, 0.15) is 0 Å². The maximum Gasteiger partial charge on any atom is 0.234 e. The fourth-order valence-electron chi connectivity index (χ4n) is 2.38. The van der Waals surface area contributed by atoms with Crippen LogP contribution in [0.15, 0.2) is 0 Å². The molecular formula is C11H21N3O. The number of rotatable bonds is 2. The number of carbonyl (C=O) groups is 1. The molecule has 1 amide bonds. The summed E-state index contributed by atoms with van der Waals surface area (Å²) in [6.45, 7) is 11.0. The molecule has 0 atom stereocenters. The molecule has 4 heteroatoms. The molecule has 2 saturated heterocycles. The summed E-state index contributed by atoms with van der Waals surface area (Å²) in [4.78, 5) is 13.8. The first-order chi connectivity index (χ1) is 6.89. The summed E-state index contributed by atoms with van der Waals surface area (Å²) in [5.74, 6) is 0.143. The molecule has 86 valence electrons.